The van der Waals surface area contributed by atoms with Crippen LogP contribution in [0.4, 0.5) is 0 Å². The van der Waals surface area contributed by atoms with Crippen LogP contribution in [0.5, 0.6) is 0 Å². The van der Waals surface area contributed by atoms with Gasteiger partial charge in [0, 0.05) is 12.6 Å². The predicted molar refractivity (Wildman–Crippen MR) is 85.4 cm³/mol. The van der Waals surface area contributed by atoms with Gasteiger partial charge < -0.3 is 15.3 Å². The van der Waals surface area contributed by atoms with Gasteiger partial charge in [-0.3, -0.25) is 4.79 Å². The minimum absolute atomic E-state index is 0.274. The number of hydrogen-bond donors (Lipinski definition) is 2. The van der Waals surface area contributed by atoms with Crippen molar-refractivity contribution in [2.45, 2.75) is 70.9 Å². The average molecular weight is 296 g/mol. The highest BCUT2D eigenvalue weighted by Crippen LogP contribution is 2.39. The maximum absolute atomic E-state index is 11.8. The number of likely N-dealkylation sites (N-methyl/N-ethyl adjacent to an activating group) is 1. The molecule has 0 spiro atoms. The fraction of sp³-hybridized carbons (Fsp3) is 0.941. The number of hydrogen-bond acceptors (Lipinski definition) is 3. The van der Waals surface area contributed by atoms with Gasteiger partial charge in [0.05, 0.1) is 0 Å². The van der Waals surface area contributed by atoms with Gasteiger partial charge >= 0.3 is 5.97 Å². The molecule has 0 aromatic carbocycles. The predicted octanol–water partition coefficient (Wildman–Crippen LogP) is 2.73. The molecule has 0 heterocycles. The zero-order valence-corrected chi connectivity index (χ0v) is 13.9. The van der Waals surface area contributed by atoms with Crippen LogP contribution in [-0.2, 0) is 4.79 Å². The third-order valence-corrected chi connectivity index (χ3v) is 5.38. The first kappa shape index (κ1) is 16.8. The van der Waals surface area contributed by atoms with E-state index in [2.05, 4.69) is 24.1 Å². The molecule has 4 nitrogen and oxygen atoms in total. The van der Waals surface area contributed by atoms with E-state index < -0.39 is 11.5 Å². The molecule has 2 unspecified atom stereocenters. The molecule has 0 radical (unpaired) electrons. The zero-order valence-electron chi connectivity index (χ0n) is 13.9. The Morgan fingerprint density at radius 1 is 1.38 bits per heavy atom. The Morgan fingerprint density at radius 2 is 2.10 bits per heavy atom. The van der Waals surface area contributed by atoms with E-state index in [1.54, 1.807) is 0 Å². The fourth-order valence-corrected chi connectivity index (χ4v) is 3.89. The minimum Gasteiger partial charge on any atom is -0.480 e. The van der Waals surface area contributed by atoms with Crippen molar-refractivity contribution in [2.24, 2.45) is 11.8 Å². The number of rotatable bonds is 9. The molecule has 0 aliphatic heterocycles. The number of carboxylic acid groups (broad SMARTS) is 1. The molecule has 0 bridgehead atoms. The third-order valence-electron chi connectivity index (χ3n) is 5.38. The molecule has 2 rings (SSSR count). The first-order chi connectivity index (χ1) is 9.99. The Kier molecular flexibility index (Phi) is 5.67. The molecule has 122 valence electrons. The van der Waals surface area contributed by atoms with Crippen molar-refractivity contribution in [3.63, 3.8) is 0 Å². The average Bonchev–Trinajstić information content (AvgIpc) is 3.15. The largest absolute Gasteiger partial charge is 0.480 e. The van der Waals surface area contributed by atoms with E-state index in [0.717, 1.165) is 44.7 Å². The highest BCUT2D eigenvalue weighted by Gasteiger charge is 2.48. The van der Waals surface area contributed by atoms with E-state index in [1.165, 1.54) is 19.4 Å². The van der Waals surface area contributed by atoms with Gasteiger partial charge in [0.1, 0.15) is 5.54 Å². The van der Waals surface area contributed by atoms with Crippen LogP contribution in [0.1, 0.15) is 59.3 Å². The molecule has 2 aliphatic rings. The van der Waals surface area contributed by atoms with Crippen LogP contribution in [0.2, 0.25) is 0 Å². The molecule has 0 saturated heterocycles. The highest BCUT2D eigenvalue weighted by atomic mass is 16.4. The molecule has 2 atom stereocenters. The van der Waals surface area contributed by atoms with Crippen LogP contribution in [0.3, 0.4) is 0 Å². The van der Waals surface area contributed by atoms with E-state index in [-0.39, 0.29) is 5.92 Å². The van der Waals surface area contributed by atoms with E-state index in [4.69, 9.17) is 0 Å². The molecule has 0 aromatic heterocycles. The van der Waals surface area contributed by atoms with E-state index in [9.17, 15) is 9.90 Å². The quantitative estimate of drug-likeness (QED) is 0.687. The van der Waals surface area contributed by atoms with Crippen molar-refractivity contribution >= 4 is 5.97 Å². The molecule has 4 heteroatoms. The van der Waals surface area contributed by atoms with Crippen LogP contribution in [0.15, 0.2) is 0 Å². The Hall–Kier alpha value is -0.610. The molecule has 0 aromatic rings. The van der Waals surface area contributed by atoms with Crippen LogP contribution >= 0.6 is 0 Å². The molecule has 21 heavy (non-hydrogen) atoms. The van der Waals surface area contributed by atoms with Crippen LogP contribution in [-0.4, -0.2) is 47.2 Å². The number of nitrogens with zero attached hydrogens (tertiary/aromatic N) is 1. The van der Waals surface area contributed by atoms with Gasteiger partial charge in [0.15, 0.2) is 0 Å². The third kappa shape index (κ3) is 3.98. The Bertz CT molecular complexity index is 355. The second kappa shape index (κ2) is 7.10. The number of carbonyl (C=O) groups is 1. The van der Waals surface area contributed by atoms with Gasteiger partial charge in [-0.05, 0) is 70.9 Å². The molecule has 0 amide bonds. The number of nitrogens with one attached hydrogen (secondary N) is 1. The lowest BCUT2D eigenvalue weighted by atomic mass is 9.84. The molecular weight excluding hydrogens is 264 g/mol. The number of carboxylic acids is 1. The normalized spacial score (nSPS) is 29.5. The SMILES string of the molecule is CCNC1(C(=O)O)CCCC1CCN(CC1CC1)C(C)C. The van der Waals surface area contributed by atoms with Crippen molar-refractivity contribution in [1.29, 1.82) is 0 Å². The standard InChI is InChI=1S/C17H32N2O2/c1-4-18-17(16(20)21)10-5-6-15(17)9-11-19(13(2)3)12-14-7-8-14/h13-15,18H,4-12H2,1-3H3,(H,20,21). The summed E-state index contributed by atoms with van der Waals surface area (Å²) in [6.45, 7) is 9.49. The summed E-state index contributed by atoms with van der Waals surface area (Å²) in [7, 11) is 0. The molecule has 2 saturated carbocycles. The first-order valence-corrected chi connectivity index (χ1v) is 8.72. The summed E-state index contributed by atoms with van der Waals surface area (Å²) in [5.74, 6) is 0.523. The number of aliphatic carboxylic acids is 1. The lowest BCUT2D eigenvalue weighted by molar-refractivity contribution is -0.146. The monoisotopic (exact) mass is 296 g/mol. The minimum atomic E-state index is -0.670. The van der Waals surface area contributed by atoms with Gasteiger partial charge in [-0.25, -0.2) is 0 Å². The summed E-state index contributed by atoms with van der Waals surface area (Å²) in [6.07, 6.45) is 6.63. The summed E-state index contributed by atoms with van der Waals surface area (Å²) in [6, 6.07) is 0.561. The lowest BCUT2D eigenvalue weighted by Crippen LogP contribution is -2.55. The van der Waals surface area contributed by atoms with E-state index >= 15 is 0 Å². The first-order valence-electron chi connectivity index (χ1n) is 8.72. The zero-order chi connectivity index (χ0) is 15.5. The maximum atomic E-state index is 11.8. The Labute approximate surface area is 129 Å². The van der Waals surface area contributed by atoms with Crippen molar-refractivity contribution in [3.05, 3.63) is 0 Å². The van der Waals surface area contributed by atoms with Crippen LogP contribution in [0.25, 0.3) is 0 Å². The highest BCUT2D eigenvalue weighted by molar-refractivity contribution is 5.79. The summed E-state index contributed by atoms with van der Waals surface area (Å²) < 4.78 is 0. The van der Waals surface area contributed by atoms with Crippen molar-refractivity contribution < 1.29 is 9.90 Å². The summed E-state index contributed by atoms with van der Waals surface area (Å²) in [4.78, 5) is 14.4. The van der Waals surface area contributed by atoms with Gasteiger partial charge in [0.25, 0.3) is 0 Å². The molecule has 2 N–H and O–H groups in total. The fourth-order valence-electron chi connectivity index (χ4n) is 3.89. The molecule has 2 aliphatic carbocycles. The van der Waals surface area contributed by atoms with Crippen molar-refractivity contribution in [3.8, 4) is 0 Å². The van der Waals surface area contributed by atoms with Gasteiger partial charge in [0.2, 0.25) is 0 Å². The van der Waals surface area contributed by atoms with Gasteiger partial charge in [-0.1, -0.05) is 13.3 Å². The molecular formula is C17H32N2O2. The second-order valence-electron chi connectivity index (χ2n) is 7.22. The van der Waals surface area contributed by atoms with Crippen LogP contribution < -0.4 is 5.32 Å². The molecule has 2 fully saturated rings. The van der Waals surface area contributed by atoms with Crippen LogP contribution in [0, 0.1) is 11.8 Å². The summed E-state index contributed by atoms with van der Waals surface area (Å²) in [5.41, 5.74) is -0.670. The van der Waals surface area contributed by atoms with Crippen molar-refractivity contribution in [2.75, 3.05) is 19.6 Å². The smallest absolute Gasteiger partial charge is 0.324 e. The lowest BCUT2D eigenvalue weighted by Gasteiger charge is -2.34. The van der Waals surface area contributed by atoms with Gasteiger partial charge in [-0.2, -0.15) is 0 Å². The Morgan fingerprint density at radius 3 is 2.62 bits per heavy atom. The topological polar surface area (TPSA) is 52.6 Å². The van der Waals surface area contributed by atoms with Crippen molar-refractivity contribution in [1.82, 2.24) is 10.2 Å². The summed E-state index contributed by atoms with van der Waals surface area (Å²) in [5, 5.41) is 13.0. The van der Waals surface area contributed by atoms with E-state index in [1.807, 2.05) is 6.92 Å². The summed E-state index contributed by atoms with van der Waals surface area (Å²) >= 11 is 0. The maximum Gasteiger partial charge on any atom is 0.324 e. The Balaban J connectivity index is 1.94. The van der Waals surface area contributed by atoms with E-state index in [0.29, 0.717) is 6.04 Å². The van der Waals surface area contributed by atoms with Gasteiger partial charge in [-0.15, -0.1) is 0 Å². The second-order valence-corrected chi connectivity index (χ2v) is 7.22.